The van der Waals surface area contributed by atoms with Crippen molar-refractivity contribution >= 4 is 50.5 Å². The van der Waals surface area contributed by atoms with E-state index in [0.29, 0.717) is 16.3 Å². The molecule has 2 aromatic rings. The second-order valence-corrected chi connectivity index (χ2v) is 6.82. The average Bonchev–Trinajstić information content (AvgIpc) is 2.32. The van der Waals surface area contributed by atoms with Crippen molar-refractivity contribution in [3.63, 3.8) is 0 Å². The van der Waals surface area contributed by atoms with Crippen LogP contribution in [-0.2, 0) is 10.0 Å². The summed E-state index contributed by atoms with van der Waals surface area (Å²) in [5.74, 6) is 0. The summed E-state index contributed by atoms with van der Waals surface area (Å²) in [5, 5.41) is 0.463. The van der Waals surface area contributed by atoms with E-state index >= 15 is 0 Å². The first-order chi connectivity index (χ1) is 9.29. The summed E-state index contributed by atoms with van der Waals surface area (Å²) in [7, 11) is -3.84. The van der Waals surface area contributed by atoms with Gasteiger partial charge in [-0.15, -0.1) is 0 Å². The molecule has 0 aliphatic heterocycles. The summed E-state index contributed by atoms with van der Waals surface area (Å²) < 4.78 is 27.0. The van der Waals surface area contributed by atoms with Crippen LogP contribution < -0.4 is 4.72 Å². The van der Waals surface area contributed by atoms with Crippen LogP contribution in [0.4, 0.5) is 5.69 Å². The quantitative estimate of drug-likeness (QED) is 0.845. The Morgan fingerprint density at radius 1 is 1.10 bits per heavy atom. The van der Waals surface area contributed by atoms with E-state index in [1.807, 2.05) is 0 Å². The Morgan fingerprint density at radius 3 is 2.40 bits per heavy atom. The molecule has 1 aromatic carbocycles. The van der Waals surface area contributed by atoms with Gasteiger partial charge in [0.15, 0.2) is 5.15 Å². The maximum atomic E-state index is 12.3. The number of benzene rings is 1. The van der Waals surface area contributed by atoms with Crippen molar-refractivity contribution in [2.45, 2.75) is 11.8 Å². The van der Waals surface area contributed by atoms with E-state index in [1.54, 1.807) is 25.1 Å². The zero-order chi connectivity index (χ0) is 14.9. The molecular weight excluding hydrogens is 343 g/mol. The van der Waals surface area contributed by atoms with Crippen LogP contribution in [0, 0.1) is 6.92 Å². The lowest BCUT2D eigenvalue weighted by Gasteiger charge is -2.11. The lowest BCUT2D eigenvalue weighted by molar-refractivity contribution is 0.601. The van der Waals surface area contributed by atoms with Gasteiger partial charge in [0, 0.05) is 5.02 Å². The number of hydrogen-bond acceptors (Lipinski definition) is 3. The highest BCUT2D eigenvalue weighted by Crippen LogP contribution is 2.26. The molecule has 0 unspecified atom stereocenters. The summed E-state index contributed by atoms with van der Waals surface area (Å²) in [5.41, 5.74) is 1.11. The molecule has 4 nitrogen and oxygen atoms in total. The first-order valence-corrected chi connectivity index (χ1v) is 8.02. The molecule has 0 saturated carbocycles. The van der Waals surface area contributed by atoms with E-state index < -0.39 is 10.0 Å². The van der Waals surface area contributed by atoms with Crippen LogP contribution in [0.15, 0.2) is 35.2 Å². The molecule has 0 amide bonds. The average molecular weight is 352 g/mol. The van der Waals surface area contributed by atoms with Gasteiger partial charge in [-0.1, -0.05) is 34.8 Å². The number of aryl methyl sites for hydroxylation is 1. The number of rotatable bonds is 3. The summed E-state index contributed by atoms with van der Waals surface area (Å²) in [4.78, 5) is 3.57. The molecular formula is C12H9Cl3N2O2S. The zero-order valence-electron chi connectivity index (χ0n) is 10.2. The topological polar surface area (TPSA) is 59.1 Å². The van der Waals surface area contributed by atoms with Crippen LogP contribution in [0.5, 0.6) is 0 Å². The SMILES string of the molecule is Cc1cc(Cl)ccc1NS(=O)(=O)c1ccc(Cl)nc1Cl. The maximum Gasteiger partial charge on any atom is 0.264 e. The second kappa shape index (κ2) is 5.77. The molecule has 0 bridgehead atoms. The number of hydrogen-bond donors (Lipinski definition) is 1. The molecule has 0 radical (unpaired) electrons. The highest BCUT2D eigenvalue weighted by atomic mass is 35.5. The maximum absolute atomic E-state index is 12.3. The van der Waals surface area contributed by atoms with Gasteiger partial charge in [-0.25, -0.2) is 13.4 Å². The van der Waals surface area contributed by atoms with Crippen molar-refractivity contribution in [2.24, 2.45) is 0 Å². The summed E-state index contributed by atoms with van der Waals surface area (Å²) in [6.07, 6.45) is 0. The molecule has 1 N–H and O–H groups in total. The van der Waals surface area contributed by atoms with Crippen molar-refractivity contribution in [1.29, 1.82) is 0 Å². The Kier molecular flexibility index (Phi) is 4.44. The Hall–Kier alpha value is -1.01. The first kappa shape index (κ1) is 15.4. The highest BCUT2D eigenvalue weighted by Gasteiger charge is 2.20. The van der Waals surface area contributed by atoms with Crippen molar-refractivity contribution in [2.75, 3.05) is 4.72 Å². The number of sulfonamides is 1. The molecule has 20 heavy (non-hydrogen) atoms. The van der Waals surface area contributed by atoms with E-state index in [9.17, 15) is 8.42 Å². The summed E-state index contributed by atoms with van der Waals surface area (Å²) in [6.45, 7) is 1.74. The van der Waals surface area contributed by atoms with E-state index in [0.717, 1.165) is 0 Å². The van der Waals surface area contributed by atoms with Crippen LogP contribution in [-0.4, -0.2) is 13.4 Å². The van der Waals surface area contributed by atoms with E-state index in [-0.39, 0.29) is 15.2 Å². The number of nitrogens with one attached hydrogen (secondary N) is 1. The van der Waals surface area contributed by atoms with Crippen molar-refractivity contribution < 1.29 is 8.42 Å². The third kappa shape index (κ3) is 3.35. The lowest BCUT2D eigenvalue weighted by Crippen LogP contribution is -2.14. The molecule has 0 atom stereocenters. The second-order valence-electron chi connectivity index (χ2n) is 3.99. The smallest absolute Gasteiger partial charge is 0.264 e. The van der Waals surface area contributed by atoms with Crippen LogP contribution in [0.1, 0.15) is 5.56 Å². The third-order valence-electron chi connectivity index (χ3n) is 2.50. The minimum absolute atomic E-state index is 0.122. The number of anilines is 1. The zero-order valence-corrected chi connectivity index (χ0v) is 13.3. The normalized spacial score (nSPS) is 11.4. The fraction of sp³-hybridized carbons (Fsp3) is 0.0833. The Labute approximate surface area is 131 Å². The molecule has 8 heteroatoms. The summed E-state index contributed by atoms with van der Waals surface area (Å²) >= 11 is 17.3. The molecule has 106 valence electrons. The van der Waals surface area contributed by atoms with Gasteiger partial charge in [0.05, 0.1) is 5.69 Å². The van der Waals surface area contributed by atoms with Gasteiger partial charge in [-0.05, 0) is 42.8 Å². The van der Waals surface area contributed by atoms with Gasteiger partial charge >= 0.3 is 0 Å². The monoisotopic (exact) mass is 350 g/mol. The number of halogens is 3. The fourth-order valence-electron chi connectivity index (χ4n) is 1.54. The fourth-order valence-corrected chi connectivity index (χ4v) is 3.56. The molecule has 2 rings (SSSR count). The van der Waals surface area contributed by atoms with Crippen molar-refractivity contribution in [3.05, 3.63) is 51.2 Å². The van der Waals surface area contributed by atoms with Crippen LogP contribution in [0.2, 0.25) is 15.3 Å². The first-order valence-electron chi connectivity index (χ1n) is 5.40. The van der Waals surface area contributed by atoms with Crippen molar-refractivity contribution in [3.8, 4) is 0 Å². The standard InChI is InChI=1S/C12H9Cl3N2O2S/c1-7-6-8(13)2-3-9(7)17-20(18,19)10-4-5-11(14)16-12(10)15/h2-6,17H,1H3. The van der Waals surface area contributed by atoms with Gasteiger partial charge in [-0.3, -0.25) is 4.72 Å². The Bertz CT molecular complexity index is 763. The highest BCUT2D eigenvalue weighted by molar-refractivity contribution is 7.92. The third-order valence-corrected chi connectivity index (χ3v) is 4.75. The van der Waals surface area contributed by atoms with Gasteiger partial charge < -0.3 is 0 Å². The number of pyridine rings is 1. The predicted octanol–water partition coefficient (Wildman–Crippen LogP) is 4.15. The van der Waals surface area contributed by atoms with Crippen LogP contribution in [0.25, 0.3) is 0 Å². The molecule has 0 spiro atoms. The van der Waals surface area contributed by atoms with Crippen LogP contribution >= 0.6 is 34.8 Å². The predicted molar refractivity (Wildman–Crippen MR) is 81.3 cm³/mol. The largest absolute Gasteiger partial charge is 0.279 e. The summed E-state index contributed by atoms with van der Waals surface area (Å²) in [6, 6.07) is 7.48. The Morgan fingerprint density at radius 2 is 1.80 bits per heavy atom. The van der Waals surface area contributed by atoms with Gasteiger partial charge in [-0.2, -0.15) is 0 Å². The minimum Gasteiger partial charge on any atom is -0.279 e. The van der Waals surface area contributed by atoms with Crippen molar-refractivity contribution in [1.82, 2.24) is 4.98 Å². The van der Waals surface area contributed by atoms with E-state index in [1.165, 1.54) is 12.1 Å². The van der Waals surface area contributed by atoms with Crippen LogP contribution in [0.3, 0.4) is 0 Å². The molecule has 0 aliphatic rings. The molecule has 0 aliphatic carbocycles. The van der Waals surface area contributed by atoms with Gasteiger partial charge in [0.2, 0.25) is 0 Å². The number of aromatic nitrogens is 1. The number of nitrogens with zero attached hydrogens (tertiary/aromatic N) is 1. The minimum atomic E-state index is -3.84. The lowest BCUT2D eigenvalue weighted by atomic mass is 10.2. The van der Waals surface area contributed by atoms with E-state index in [4.69, 9.17) is 34.8 Å². The molecule has 1 aromatic heterocycles. The molecule has 0 fully saturated rings. The molecule has 0 saturated heterocycles. The van der Waals surface area contributed by atoms with Gasteiger partial charge in [0.1, 0.15) is 10.0 Å². The molecule has 1 heterocycles. The van der Waals surface area contributed by atoms with E-state index in [2.05, 4.69) is 9.71 Å². The van der Waals surface area contributed by atoms with Gasteiger partial charge in [0.25, 0.3) is 10.0 Å². The Balaban J connectivity index is 2.41.